The monoisotopic (exact) mass is 308 g/mol. The standard InChI is InChI=1S/C17H25ClN2O/c18-16-11-15(13-21)3-4-17(16)20-9-5-14(6-10-20)12-19-7-1-2-8-19/h3-4,11,14,21H,1-2,5-10,12-13H2. The van der Waals surface area contributed by atoms with Crippen molar-refractivity contribution in [3.8, 4) is 0 Å². The van der Waals surface area contributed by atoms with Crippen molar-refractivity contribution in [2.75, 3.05) is 37.6 Å². The van der Waals surface area contributed by atoms with Gasteiger partial charge in [0.2, 0.25) is 0 Å². The van der Waals surface area contributed by atoms with E-state index in [1.54, 1.807) is 0 Å². The summed E-state index contributed by atoms with van der Waals surface area (Å²) in [5, 5.41) is 9.92. The van der Waals surface area contributed by atoms with Crippen LogP contribution in [0.15, 0.2) is 18.2 Å². The predicted molar refractivity (Wildman–Crippen MR) is 88.0 cm³/mol. The number of hydrogen-bond donors (Lipinski definition) is 1. The van der Waals surface area contributed by atoms with Crippen molar-refractivity contribution in [3.05, 3.63) is 28.8 Å². The minimum absolute atomic E-state index is 0.0535. The van der Waals surface area contributed by atoms with Crippen LogP contribution in [0.5, 0.6) is 0 Å². The molecule has 1 aromatic carbocycles. The first-order chi connectivity index (χ1) is 10.3. The zero-order valence-electron chi connectivity index (χ0n) is 12.6. The number of nitrogens with zero attached hydrogens (tertiary/aromatic N) is 2. The third-order valence-corrected chi connectivity index (χ3v) is 5.17. The molecule has 0 aromatic heterocycles. The average Bonchev–Trinajstić information content (AvgIpc) is 3.01. The minimum atomic E-state index is 0.0535. The molecule has 2 aliphatic heterocycles. The number of hydrogen-bond acceptors (Lipinski definition) is 3. The Kier molecular flexibility index (Phi) is 5.04. The van der Waals surface area contributed by atoms with Crippen molar-refractivity contribution in [1.29, 1.82) is 0 Å². The Morgan fingerprint density at radius 3 is 2.43 bits per heavy atom. The van der Waals surface area contributed by atoms with Crippen LogP contribution in [-0.2, 0) is 6.61 Å². The van der Waals surface area contributed by atoms with E-state index in [2.05, 4.69) is 15.9 Å². The Hall–Kier alpha value is -0.770. The summed E-state index contributed by atoms with van der Waals surface area (Å²) in [5.41, 5.74) is 2.00. The van der Waals surface area contributed by atoms with Gasteiger partial charge in [-0.1, -0.05) is 17.7 Å². The highest BCUT2D eigenvalue weighted by Crippen LogP contribution is 2.31. The Bertz CT molecular complexity index is 466. The fraction of sp³-hybridized carbons (Fsp3) is 0.647. The lowest BCUT2D eigenvalue weighted by atomic mass is 9.95. The van der Waals surface area contributed by atoms with Crippen LogP contribution in [0.4, 0.5) is 5.69 Å². The summed E-state index contributed by atoms with van der Waals surface area (Å²) in [6, 6.07) is 5.90. The average molecular weight is 309 g/mol. The molecule has 2 aliphatic rings. The normalized spacial score (nSPS) is 21.1. The Morgan fingerprint density at radius 2 is 1.81 bits per heavy atom. The number of rotatable bonds is 4. The third-order valence-electron chi connectivity index (χ3n) is 4.86. The van der Waals surface area contributed by atoms with E-state index < -0.39 is 0 Å². The Balaban J connectivity index is 1.55. The molecule has 1 aromatic rings. The molecule has 0 bridgehead atoms. The van der Waals surface area contributed by atoms with Crippen LogP contribution < -0.4 is 4.90 Å². The molecule has 0 radical (unpaired) electrons. The lowest BCUT2D eigenvalue weighted by molar-refractivity contribution is 0.249. The third kappa shape index (κ3) is 3.71. The summed E-state index contributed by atoms with van der Waals surface area (Å²) >= 11 is 6.35. The molecule has 3 nitrogen and oxygen atoms in total. The van der Waals surface area contributed by atoms with E-state index in [9.17, 15) is 0 Å². The highest BCUT2D eigenvalue weighted by Gasteiger charge is 2.23. The lowest BCUT2D eigenvalue weighted by Crippen LogP contribution is -2.38. The molecule has 0 amide bonds. The van der Waals surface area contributed by atoms with Crippen molar-refractivity contribution >= 4 is 17.3 Å². The van der Waals surface area contributed by atoms with Gasteiger partial charge in [-0.3, -0.25) is 0 Å². The summed E-state index contributed by atoms with van der Waals surface area (Å²) in [7, 11) is 0. The van der Waals surface area contributed by atoms with Crippen LogP contribution in [0.2, 0.25) is 5.02 Å². The van der Waals surface area contributed by atoms with Crippen LogP contribution in [0.1, 0.15) is 31.2 Å². The van der Waals surface area contributed by atoms with E-state index in [1.165, 1.54) is 45.3 Å². The smallest absolute Gasteiger partial charge is 0.0682 e. The molecule has 0 unspecified atom stereocenters. The molecule has 0 spiro atoms. The van der Waals surface area contributed by atoms with Gasteiger partial charge in [-0.15, -0.1) is 0 Å². The number of anilines is 1. The molecular formula is C17H25ClN2O. The van der Waals surface area contributed by atoms with Crippen LogP contribution in [-0.4, -0.2) is 42.7 Å². The highest BCUT2D eigenvalue weighted by atomic mass is 35.5. The van der Waals surface area contributed by atoms with E-state index in [0.29, 0.717) is 0 Å². The molecule has 2 fully saturated rings. The van der Waals surface area contributed by atoms with Gasteiger partial charge < -0.3 is 14.9 Å². The van der Waals surface area contributed by atoms with Crippen LogP contribution in [0.3, 0.4) is 0 Å². The molecule has 0 saturated carbocycles. The number of aliphatic hydroxyl groups excluding tert-OH is 1. The summed E-state index contributed by atoms with van der Waals surface area (Å²) in [6.07, 6.45) is 5.28. The zero-order valence-corrected chi connectivity index (χ0v) is 13.4. The van der Waals surface area contributed by atoms with Gasteiger partial charge in [-0.2, -0.15) is 0 Å². The lowest BCUT2D eigenvalue weighted by Gasteiger charge is -2.35. The van der Waals surface area contributed by atoms with E-state index in [-0.39, 0.29) is 6.61 Å². The van der Waals surface area contributed by atoms with Crippen molar-refractivity contribution in [2.45, 2.75) is 32.3 Å². The fourth-order valence-electron chi connectivity index (χ4n) is 3.59. The van der Waals surface area contributed by atoms with Gasteiger partial charge in [0, 0.05) is 19.6 Å². The van der Waals surface area contributed by atoms with Gasteiger partial charge in [0.25, 0.3) is 0 Å². The highest BCUT2D eigenvalue weighted by molar-refractivity contribution is 6.33. The number of piperidine rings is 1. The summed E-state index contributed by atoms with van der Waals surface area (Å²) < 4.78 is 0. The molecule has 116 valence electrons. The SMILES string of the molecule is OCc1ccc(N2CCC(CN3CCCC3)CC2)c(Cl)c1. The van der Waals surface area contributed by atoms with E-state index in [1.807, 2.05) is 12.1 Å². The van der Waals surface area contributed by atoms with Crippen LogP contribution in [0.25, 0.3) is 0 Å². The number of likely N-dealkylation sites (tertiary alicyclic amines) is 1. The van der Waals surface area contributed by atoms with Gasteiger partial charge in [-0.25, -0.2) is 0 Å². The first-order valence-corrected chi connectivity index (χ1v) is 8.50. The van der Waals surface area contributed by atoms with Gasteiger partial charge in [0.1, 0.15) is 0 Å². The maximum atomic E-state index is 9.16. The summed E-state index contributed by atoms with van der Waals surface area (Å²) in [5.74, 6) is 0.842. The van der Waals surface area contributed by atoms with Crippen molar-refractivity contribution in [2.24, 2.45) is 5.92 Å². The molecular weight excluding hydrogens is 284 g/mol. The molecule has 2 saturated heterocycles. The molecule has 0 aliphatic carbocycles. The van der Waals surface area contributed by atoms with E-state index in [4.69, 9.17) is 16.7 Å². The van der Waals surface area contributed by atoms with E-state index >= 15 is 0 Å². The largest absolute Gasteiger partial charge is 0.392 e. The molecule has 2 heterocycles. The van der Waals surface area contributed by atoms with Gasteiger partial charge >= 0.3 is 0 Å². The van der Waals surface area contributed by atoms with Gasteiger partial charge in [0.15, 0.2) is 0 Å². The second-order valence-corrected chi connectivity index (χ2v) is 6.79. The van der Waals surface area contributed by atoms with Crippen molar-refractivity contribution in [3.63, 3.8) is 0 Å². The molecule has 3 rings (SSSR count). The minimum Gasteiger partial charge on any atom is -0.392 e. The fourth-order valence-corrected chi connectivity index (χ4v) is 3.91. The summed E-state index contributed by atoms with van der Waals surface area (Å²) in [6.45, 7) is 6.12. The van der Waals surface area contributed by atoms with E-state index in [0.717, 1.165) is 35.3 Å². The van der Waals surface area contributed by atoms with Crippen molar-refractivity contribution < 1.29 is 5.11 Å². The first kappa shape index (κ1) is 15.1. The first-order valence-electron chi connectivity index (χ1n) is 8.13. The molecule has 21 heavy (non-hydrogen) atoms. The van der Waals surface area contributed by atoms with Gasteiger partial charge in [0.05, 0.1) is 17.3 Å². The van der Waals surface area contributed by atoms with Crippen LogP contribution in [0, 0.1) is 5.92 Å². The summed E-state index contributed by atoms with van der Waals surface area (Å²) in [4.78, 5) is 5.02. The second kappa shape index (κ2) is 6.99. The molecule has 1 N–H and O–H groups in total. The van der Waals surface area contributed by atoms with Crippen molar-refractivity contribution in [1.82, 2.24) is 4.90 Å². The predicted octanol–water partition coefficient (Wildman–Crippen LogP) is 3.14. The number of benzene rings is 1. The zero-order chi connectivity index (χ0) is 14.7. The Morgan fingerprint density at radius 1 is 1.10 bits per heavy atom. The Labute approximate surface area is 132 Å². The molecule has 0 atom stereocenters. The topological polar surface area (TPSA) is 26.7 Å². The second-order valence-electron chi connectivity index (χ2n) is 6.38. The molecule has 4 heteroatoms. The maximum Gasteiger partial charge on any atom is 0.0682 e. The maximum absolute atomic E-state index is 9.16. The quantitative estimate of drug-likeness (QED) is 0.925. The van der Waals surface area contributed by atoms with Crippen LogP contribution >= 0.6 is 11.6 Å². The number of aliphatic hydroxyl groups is 1. The number of halogens is 1. The van der Waals surface area contributed by atoms with Gasteiger partial charge in [-0.05, 0) is 62.4 Å².